The average molecular weight is 300 g/mol. The number of hydrogen-bond donors (Lipinski definition) is 0. The molecule has 2 aromatic rings. The number of nitrogens with zero attached hydrogens (tertiary/aromatic N) is 2. The van der Waals surface area contributed by atoms with Crippen molar-refractivity contribution in [2.24, 2.45) is 0 Å². The summed E-state index contributed by atoms with van der Waals surface area (Å²) in [6.45, 7) is 3.10. The monoisotopic (exact) mass is 300 g/mol. The summed E-state index contributed by atoms with van der Waals surface area (Å²) < 4.78 is 0. The van der Waals surface area contributed by atoms with Gasteiger partial charge >= 0.3 is 0 Å². The summed E-state index contributed by atoms with van der Waals surface area (Å²) >= 11 is 1.76. The number of aryl methyl sites for hydroxylation is 1. The Hall–Kier alpha value is -1.19. The maximum atomic E-state index is 4.82. The van der Waals surface area contributed by atoms with E-state index in [0.717, 1.165) is 17.6 Å². The van der Waals surface area contributed by atoms with Crippen LogP contribution in [0.25, 0.3) is 10.6 Å². The van der Waals surface area contributed by atoms with Crippen LogP contribution in [0.4, 0.5) is 0 Å². The highest BCUT2D eigenvalue weighted by Crippen LogP contribution is 2.26. The Morgan fingerprint density at radius 3 is 2.57 bits per heavy atom. The molecule has 1 aliphatic rings. The predicted octanol–water partition coefficient (Wildman–Crippen LogP) is 4.88. The first-order valence-corrected chi connectivity index (χ1v) is 8.82. The zero-order valence-corrected chi connectivity index (χ0v) is 13.8. The summed E-state index contributed by atoms with van der Waals surface area (Å²) in [5.41, 5.74) is 3.74. The van der Waals surface area contributed by atoms with Crippen LogP contribution in [0.2, 0.25) is 0 Å². The third kappa shape index (κ3) is 3.72. The van der Waals surface area contributed by atoms with Gasteiger partial charge in [-0.15, -0.1) is 11.3 Å². The van der Waals surface area contributed by atoms with Gasteiger partial charge in [0, 0.05) is 23.5 Å². The van der Waals surface area contributed by atoms with Crippen molar-refractivity contribution < 1.29 is 0 Å². The fraction of sp³-hybridized carbons (Fsp3) is 0.500. The van der Waals surface area contributed by atoms with Gasteiger partial charge in [-0.25, -0.2) is 4.98 Å². The van der Waals surface area contributed by atoms with Gasteiger partial charge in [0.2, 0.25) is 0 Å². The van der Waals surface area contributed by atoms with E-state index in [1.54, 1.807) is 11.3 Å². The van der Waals surface area contributed by atoms with Crippen LogP contribution in [-0.2, 0) is 6.54 Å². The zero-order valence-electron chi connectivity index (χ0n) is 13.0. The van der Waals surface area contributed by atoms with E-state index in [0.29, 0.717) is 0 Å². The third-order valence-electron chi connectivity index (χ3n) is 4.46. The molecule has 0 spiro atoms. The molecule has 0 aliphatic heterocycles. The van der Waals surface area contributed by atoms with Gasteiger partial charge in [0.15, 0.2) is 0 Å². The van der Waals surface area contributed by atoms with Crippen LogP contribution in [0.1, 0.15) is 43.4 Å². The fourth-order valence-electron chi connectivity index (χ4n) is 3.11. The Morgan fingerprint density at radius 1 is 1.14 bits per heavy atom. The molecule has 2 nitrogen and oxygen atoms in total. The van der Waals surface area contributed by atoms with Gasteiger partial charge < -0.3 is 0 Å². The Balaban J connectivity index is 1.65. The molecular formula is C18H24N2S. The lowest BCUT2D eigenvalue weighted by molar-refractivity contribution is 0.183. The smallest absolute Gasteiger partial charge is 0.123 e. The molecular weight excluding hydrogens is 276 g/mol. The van der Waals surface area contributed by atoms with E-state index in [-0.39, 0.29) is 0 Å². The van der Waals surface area contributed by atoms with E-state index in [1.807, 2.05) is 0 Å². The van der Waals surface area contributed by atoms with Gasteiger partial charge in [-0.1, -0.05) is 49.1 Å². The summed E-state index contributed by atoms with van der Waals surface area (Å²) in [6.07, 6.45) is 6.90. The van der Waals surface area contributed by atoms with Gasteiger partial charge in [-0.2, -0.15) is 0 Å². The SMILES string of the molecule is Cc1ccc(-c2nc(CN(C)C3CCCCC3)cs2)cc1. The maximum Gasteiger partial charge on any atom is 0.123 e. The molecule has 1 aromatic heterocycles. The van der Waals surface area contributed by atoms with Crippen LogP contribution < -0.4 is 0 Å². The van der Waals surface area contributed by atoms with E-state index in [2.05, 4.69) is 48.5 Å². The van der Waals surface area contributed by atoms with Crippen molar-refractivity contribution in [3.8, 4) is 10.6 Å². The summed E-state index contributed by atoms with van der Waals surface area (Å²) in [4.78, 5) is 7.32. The number of hydrogen-bond acceptors (Lipinski definition) is 3. The highest BCUT2D eigenvalue weighted by molar-refractivity contribution is 7.13. The van der Waals surface area contributed by atoms with E-state index >= 15 is 0 Å². The molecule has 21 heavy (non-hydrogen) atoms. The quantitative estimate of drug-likeness (QED) is 0.799. The minimum absolute atomic E-state index is 0.753. The number of rotatable bonds is 4. The molecule has 1 fully saturated rings. The molecule has 3 rings (SSSR count). The minimum atomic E-state index is 0.753. The summed E-state index contributed by atoms with van der Waals surface area (Å²) in [5.74, 6) is 0. The Bertz CT molecular complexity index is 567. The number of benzene rings is 1. The first kappa shape index (κ1) is 14.7. The summed E-state index contributed by atoms with van der Waals surface area (Å²) in [6, 6.07) is 9.41. The normalized spacial score (nSPS) is 16.5. The topological polar surface area (TPSA) is 16.1 Å². The average Bonchev–Trinajstić information content (AvgIpc) is 2.97. The van der Waals surface area contributed by atoms with Crippen LogP contribution >= 0.6 is 11.3 Å². The molecule has 0 atom stereocenters. The summed E-state index contributed by atoms with van der Waals surface area (Å²) in [7, 11) is 2.25. The molecule has 1 aromatic carbocycles. The van der Waals surface area contributed by atoms with Crippen molar-refractivity contribution in [1.29, 1.82) is 0 Å². The van der Waals surface area contributed by atoms with Crippen molar-refractivity contribution in [2.45, 2.75) is 51.6 Å². The van der Waals surface area contributed by atoms with Gasteiger partial charge in [0.25, 0.3) is 0 Å². The Labute approximate surface area is 131 Å². The van der Waals surface area contributed by atoms with Gasteiger partial charge in [0.1, 0.15) is 5.01 Å². The zero-order chi connectivity index (χ0) is 14.7. The van der Waals surface area contributed by atoms with Crippen molar-refractivity contribution in [3.05, 3.63) is 40.9 Å². The fourth-order valence-corrected chi connectivity index (χ4v) is 3.93. The van der Waals surface area contributed by atoms with Crippen LogP contribution in [0.3, 0.4) is 0 Å². The van der Waals surface area contributed by atoms with Crippen LogP contribution in [0, 0.1) is 6.92 Å². The maximum absolute atomic E-state index is 4.82. The highest BCUT2D eigenvalue weighted by Gasteiger charge is 2.18. The number of aromatic nitrogens is 1. The lowest BCUT2D eigenvalue weighted by atomic mass is 9.94. The Morgan fingerprint density at radius 2 is 1.86 bits per heavy atom. The molecule has 112 valence electrons. The van der Waals surface area contributed by atoms with Crippen molar-refractivity contribution in [1.82, 2.24) is 9.88 Å². The second-order valence-corrected chi connectivity index (χ2v) is 7.08. The molecule has 3 heteroatoms. The lowest BCUT2D eigenvalue weighted by Crippen LogP contribution is -2.32. The standard InChI is InChI=1S/C18H24N2S/c1-14-8-10-15(11-9-14)18-19-16(13-21-18)12-20(2)17-6-4-3-5-7-17/h8-11,13,17H,3-7,12H2,1-2H3. The van der Waals surface area contributed by atoms with Crippen LogP contribution in [-0.4, -0.2) is 23.0 Å². The van der Waals surface area contributed by atoms with Crippen LogP contribution in [0.5, 0.6) is 0 Å². The molecule has 0 unspecified atom stereocenters. The molecule has 1 heterocycles. The largest absolute Gasteiger partial charge is 0.298 e. The van der Waals surface area contributed by atoms with E-state index < -0.39 is 0 Å². The molecule has 1 saturated carbocycles. The molecule has 0 N–H and O–H groups in total. The highest BCUT2D eigenvalue weighted by atomic mass is 32.1. The minimum Gasteiger partial charge on any atom is -0.298 e. The molecule has 0 radical (unpaired) electrons. The van der Waals surface area contributed by atoms with Gasteiger partial charge in [-0.05, 0) is 26.8 Å². The lowest BCUT2D eigenvalue weighted by Gasteiger charge is -2.30. The second kappa shape index (κ2) is 6.71. The number of thiazole rings is 1. The first-order chi connectivity index (χ1) is 10.2. The van der Waals surface area contributed by atoms with E-state index in [9.17, 15) is 0 Å². The van der Waals surface area contributed by atoms with Gasteiger partial charge in [0.05, 0.1) is 5.69 Å². The first-order valence-electron chi connectivity index (χ1n) is 7.94. The second-order valence-electron chi connectivity index (χ2n) is 6.22. The van der Waals surface area contributed by atoms with Crippen molar-refractivity contribution in [3.63, 3.8) is 0 Å². The van der Waals surface area contributed by atoms with E-state index in [1.165, 1.54) is 48.9 Å². The summed E-state index contributed by atoms with van der Waals surface area (Å²) in [5, 5.41) is 3.36. The molecule has 0 saturated heterocycles. The van der Waals surface area contributed by atoms with Crippen molar-refractivity contribution in [2.75, 3.05) is 7.05 Å². The Kier molecular flexibility index (Phi) is 4.71. The molecule has 1 aliphatic carbocycles. The third-order valence-corrected chi connectivity index (χ3v) is 5.40. The molecule has 0 bridgehead atoms. The van der Waals surface area contributed by atoms with Crippen molar-refractivity contribution >= 4 is 11.3 Å². The van der Waals surface area contributed by atoms with Gasteiger partial charge in [-0.3, -0.25) is 4.90 Å². The van der Waals surface area contributed by atoms with Crippen LogP contribution in [0.15, 0.2) is 29.6 Å². The predicted molar refractivity (Wildman–Crippen MR) is 90.6 cm³/mol. The molecule has 0 amide bonds. The van der Waals surface area contributed by atoms with E-state index in [4.69, 9.17) is 4.98 Å².